The summed E-state index contributed by atoms with van der Waals surface area (Å²) in [5.74, 6) is 0.582. The van der Waals surface area contributed by atoms with Crippen molar-refractivity contribution in [2.75, 3.05) is 14.2 Å². The third-order valence-electron chi connectivity index (χ3n) is 7.28. The number of hydrogen-bond acceptors (Lipinski definition) is 7. The second-order valence-corrected chi connectivity index (χ2v) is 10.7. The molecule has 1 N–H and O–H groups in total. The molecule has 0 fully saturated rings. The molecule has 0 unspecified atom stereocenters. The van der Waals surface area contributed by atoms with Gasteiger partial charge in [-0.15, -0.1) is 13.2 Å². The Morgan fingerprint density at radius 1 is 1.07 bits per heavy atom. The fraction of sp³-hybridized carbons (Fsp3) is 0.394. The number of imidazole rings is 1. The molecule has 1 aromatic carbocycles. The van der Waals surface area contributed by atoms with Gasteiger partial charge in [-0.3, -0.25) is 4.79 Å². The van der Waals surface area contributed by atoms with Crippen molar-refractivity contribution < 1.29 is 23.8 Å². The Morgan fingerprint density at radius 3 is 2.49 bits per heavy atom. The Bertz CT molecular complexity index is 1650. The molecule has 4 rings (SSSR count). The van der Waals surface area contributed by atoms with Crippen molar-refractivity contribution in [1.29, 1.82) is 0 Å². The summed E-state index contributed by atoms with van der Waals surface area (Å²) in [6, 6.07) is 9.07. The number of esters is 1. The first-order chi connectivity index (χ1) is 20.6. The van der Waals surface area contributed by atoms with Crippen molar-refractivity contribution in [2.24, 2.45) is 7.05 Å². The molecule has 0 bridgehead atoms. The van der Waals surface area contributed by atoms with Crippen molar-refractivity contribution >= 4 is 33.9 Å². The molecule has 43 heavy (non-hydrogen) atoms. The molecule has 0 saturated carbocycles. The number of amides is 1. The zero-order chi connectivity index (χ0) is 31.3. The second-order valence-electron chi connectivity index (χ2n) is 10.7. The maximum absolute atomic E-state index is 12.8. The van der Waals surface area contributed by atoms with Crippen LogP contribution in [0.2, 0.25) is 0 Å². The van der Waals surface area contributed by atoms with E-state index in [0.717, 1.165) is 40.8 Å². The van der Waals surface area contributed by atoms with Crippen LogP contribution in [0.15, 0.2) is 55.6 Å². The van der Waals surface area contributed by atoms with E-state index in [2.05, 4.69) is 29.1 Å². The summed E-state index contributed by atoms with van der Waals surface area (Å²) in [6.07, 6.45) is 4.81. The van der Waals surface area contributed by atoms with Gasteiger partial charge in [-0.05, 0) is 63.9 Å². The highest BCUT2D eigenvalue weighted by molar-refractivity contribution is 5.97. The maximum atomic E-state index is 12.8. The van der Waals surface area contributed by atoms with Gasteiger partial charge in [0.05, 0.1) is 41.7 Å². The zero-order valence-electron chi connectivity index (χ0n) is 25.8. The number of ether oxygens (including phenoxy) is 3. The standard InChI is InChI=1S/C33H41N5O5/c1-9-11-12-16-38-26(18-22-14-15-24(35-30(22)38)21(5)34-32(39)27(41-7)13-10-2)31-36-25-17-23(33(40)43-20(3)4)19-28(42-8)29(25)37(31)6/h9-10,14-15,17-21,27H,1-2,11-13,16H2,3-8H3,(H,34,39)/t21-,27+/m1/s1. The Labute approximate surface area is 252 Å². The predicted octanol–water partition coefficient (Wildman–Crippen LogP) is 5.90. The smallest absolute Gasteiger partial charge is 0.338 e. The number of rotatable bonds is 14. The van der Waals surface area contributed by atoms with Crippen molar-refractivity contribution in [3.05, 3.63) is 66.9 Å². The first kappa shape index (κ1) is 31.5. The van der Waals surface area contributed by atoms with Crippen molar-refractivity contribution in [2.45, 2.75) is 64.8 Å². The predicted molar refractivity (Wildman–Crippen MR) is 168 cm³/mol. The maximum Gasteiger partial charge on any atom is 0.338 e. The van der Waals surface area contributed by atoms with Gasteiger partial charge in [-0.2, -0.15) is 0 Å². The molecule has 2 atom stereocenters. The van der Waals surface area contributed by atoms with Gasteiger partial charge in [-0.25, -0.2) is 14.8 Å². The number of nitrogens with one attached hydrogen (secondary N) is 1. The van der Waals surface area contributed by atoms with Crippen molar-refractivity contribution in [3.8, 4) is 17.3 Å². The third-order valence-corrected chi connectivity index (χ3v) is 7.28. The van der Waals surface area contributed by atoms with E-state index in [9.17, 15) is 9.59 Å². The van der Waals surface area contributed by atoms with Crippen LogP contribution >= 0.6 is 0 Å². The van der Waals surface area contributed by atoms with Gasteiger partial charge in [0.1, 0.15) is 23.0 Å². The van der Waals surface area contributed by atoms with E-state index < -0.39 is 12.1 Å². The summed E-state index contributed by atoms with van der Waals surface area (Å²) >= 11 is 0. The molecule has 4 aromatic rings. The van der Waals surface area contributed by atoms with Crippen LogP contribution in [0.25, 0.3) is 33.6 Å². The Balaban J connectivity index is 1.81. The fourth-order valence-electron chi connectivity index (χ4n) is 5.13. The number of nitrogens with zero attached hydrogens (tertiary/aromatic N) is 4. The molecule has 0 aliphatic rings. The Kier molecular flexibility index (Phi) is 10.0. The van der Waals surface area contributed by atoms with Crippen LogP contribution in [0.5, 0.6) is 5.75 Å². The van der Waals surface area contributed by atoms with E-state index in [1.54, 1.807) is 25.3 Å². The van der Waals surface area contributed by atoms with Gasteiger partial charge in [0.15, 0.2) is 5.82 Å². The molecule has 1 amide bonds. The summed E-state index contributed by atoms with van der Waals surface area (Å²) < 4.78 is 20.5. The molecular weight excluding hydrogens is 546 g/mol. The Hall–Kier alpha value is -4.44. The number of unbranched alkanes of at least 4 members (excludes halogenated alkanes) is 1. The highest BCUT2D eigenvalue weighted by atomic mass is 16.5. The lowest BCUT2D eigenvalue weighted by Crippen LogP contribution is -2.37. The average molecular weight is 588 g/mol. The minimum atomic E-state index is -0.611. The first-order valence-electron chi connectivity index (χ1n) is 14.4. The fourth-order valence-corrected chi connectivity index (χ4v) is 5.13. The minimum Gasteiger partial charge on any atom is -0.494 e. The van der Waals surface area contributed by atoms with Gasteiger partial charge in [-0.1, -0.05) is 12.2 Å². The molecule has 3 aromatic heterocycles. The number of carbonyl (C=O) groups excluding carboxylic acids is 2. The van der Waals surface area contributed by atoms with E-state index in [4.69, 9.17) is 24.2 Å². The molecule has 3 heterocycles. The van der Waals surface area contributed by atoms with Gasteiger partial charge in [0.25, 0.3) is 0 Å². The van der Waals surface area contributed by atoms with Gasteiger partial charge in [0.2, 0.25) is 5.91 Å². The highest BCUT2D eigenvalue weighted by Gasteiger charge is 2.24. The molecular formula is C33H41N5O5. The van der Waals surface area contributed by atoms with Crippen molar-refractivity contribution in [3.63, 3.8) is 0 Å². The topological polar surface area (TPSA) is 110 Å². The number of hydrogen-bond donors (Lipinski definition) is 1. The summed E-state index contributed by atoms with van der Waals surface area (Å²) in [7, 11) is 5.01. The first-order valence-corrected chi connectivity index (χ1v) is 14.4. The second kappa shape index (κ2) is 13.7. The molecule has 0 saturated heterocycles. The highest BCUT2D eigenvalue weighted by Crippen LogP contribution is 2.34. The van der Waals surface area contributed by atoms with E-state index in [1.807, 2.05) is 50.6 Å². The van der Waals surface area contributed by atoms with Gasteiger partial charge >= 0.3 is 5.97 Å². The van der Waals surface area contributed by atoms with Crippen LogP contribution in [0.4, 0.5) is 0 Å². The number of aryl methyl sites for hydroxylation is 2. The molecule has 0 aliphatic heterocycles. The average Bonchev–Trinajstić information content (AvgIpc) is 3.51. The van der Waals surface area contributed by atoms with E-state index in [1.165, 1.54) is 7.11 Å². The lowest BCUT2D eigenvalue weighted by atomic mass is 10.1. The van der Waals surface area contributed by atoms with Gasteiger partial charge in [0, 0.05) is 32.5 Å². The van der Waals surface area contributed by atoms with E-state index in [0.29, 0.717) is 35.6 Å². The molecule has 0 aliphatic carbocycles. The van der Waals surface area contributed by atoms with Crippen LogP contribution < -0.4 is 10.1 Å². The third kappa shape index (κ3) is 6.64. The van der Waals surface area contributed by atoms with Crippen LogP contribution in [-0.4, -0.2) is 57.4 Å². The minimum absolute atomic E-state index is 0.218. The van der Waals surface area contributed by atoms with Crippen LogP contribution in [0, 0.1) is 0 Å². The number of carbonyl (C=O) groups is 2. The quantitative estimate of drug-likeness (QED) is 0.111. The van der Waals surface area contributed by atoms with E-state index in [-0.39, 0.29) is 18.1 Å². The van der Waals surface area contributed by atoms with Crippen LogP contribution in [-0.2, 0) is 27.9 Å². The molecule has 0 radical (unpaired) electrons. The summed E-state index contributed by atoms with van der Waals surface area (Å²) in [5.41, 5.74) is 4.14. The number of fused-ring (bicyclic) bond motifs is 2. The van der Waals surface area contributed by atoms with Crippen LogP contribution in [0.1, 0.15) is 62.1 Å². The summed E-state index contributed by atoms with van der Waals surface area (Å²) in [6.45, 7) is 13.8. The molecule has 0 spiro atoms. The number of aromatic nitrogens is 4. The molecule has 228 valence electrons. The van der Waals surface area contributed by atoms with E-state index >= 15 is 0 Å². The molecule has 10 nitrogen and oxygen atoms in total. The Morgan fingerprint density at radius 2 is 1.84 bits per heavy atom. The summed E-state index contributed by atoms with van der Waals surface area (Å²) in [5, 5.41) is 3.95. The lowest BCUT2D eigenvalue weighted by Gasteiger charge is -2.18. The zero-order valence-corrected chi connectivity index (χ0v) is 25.8. The van der Waals surface area contributed by atoms with Crippen molar-refractivity contribution in [1.82, 2.24) is 24.4 Å². The number of pyridine rings is 1. The molecule has 10 heteroatoms. The summed E-state index contributed by atoms with van der Waals surface area (Å²) in [4.78, 5) is 35.4. The lowest BCUT2D eigenvalue weighted by molar-refractivity contribution is -0.131. The monoisotopic (exact) mass is 587 g/mol. The SMILES string of the molecule is C=CCCCn1c(-c2nc3cc(C(=O)OC(C)C)cc(OC)c3n2C)cc2ccc([C@@H](C)NC(=O)[C@H](CC=C)OC)nc21. The number of allylic oxidation sites excluding steroid dienone is 1. The van der Waals surface area contributed by atoms with Gasteiger partial charge < -0.3 is 28.7 Å². The normalized spacial score (nSPS) is 12.8. The van der Waals surface area contributed by atoms with Crippen LogP contribution in [0.3, 0.4) is 0 Å². The number of benzene rings is 1. The largest absolute Gasteiger partial charge is 0.494 e. The number of methoxy groups -OCH3 is 2.